The molecule has 0 aromatic rings. The molecule has 1 heteroatoms. The molecule has 0 radical (unpaired) electrons. The lowest BCUT2D eigenvalue weighted by atomic mass is 9.76. The van der Waals surface area contributed by atoms with Gasteiger partial charge in [0.05, 0.1) is 0 Å². The summed E-state index contributed by atoms with van der Waals surface area (Å²) in [6, 6.07) is 0.484. The zero-order valence-corrected chi connectivity index (χ0v) is 8.72. The van der Waals surface area contributed by atoms with E-state index in [1.165, 1.54) is 25.7 Å². The molecule has 1 aliphatic rings. The fraction of sp³-hybridized carbons (Fsp3) is 1.00. The Morgan fingerprint density at radius 1 is 1.25 bits per heavy atom. The lowest BCUT2D eigenvalue weighted by molar-refractivity contribution is 0.225. The Morgan fingerprint density at radius 3 is 2.42 bits per heavy atom. The molecule has 0 bridgehead atoms. The zero-order chi connectivity index (χ0) is 9.14. The summed E-state index contributed by atoms with van der Waals surface area (Å²) in [4.78, 5) is 0. The number of hydrogen-bond acceptors (Lipinski definition) is 1. The molecule has 1 nitrogen and oxygen atoms in total. The van der Waals surface area contributed by atoms with Crippen LogP contribution in [-0.4, -0.2) is 6.04 Å². The summed E-state index contributed by atoms with van der Waals surface area (Å²) in [7, 11) is 0. The smallest absolute Gasteiger partial charge is 0.00440 e. The second-order valence-corrected chi connectivity index (χ2v) is 5.07. The molecule has 1 fully saturated rings. The molecule has 3 unspecified atom stereocenters. The first-order valence-electron chi connectivity index (χ1n) is 5.33. The maximum Gasteiger partial charge on any atom is 0.00440 e. The van der Waals surface area contributed by atoms with Gasteiger partial charge in [-0.3, -0.25) is 0 Å². The first-order chi connectivity index (χ1) is 5.58. The Labute approximate surface area is 76.7 Å². The van der Waals surface area contributed by atoms with E-state index in [2.05, 4.69) is 20.8 Å². The summed E-state index contributed by atoms with van der Waals surface area (Å²) in [6.45, 7) is 6.96. The molecule has 0 aromatic heterocycles. The Hall–Kier alpha value is -0.0400. The Balaban J connectivity index is 2.34. The van der Waals surface area contributed by atoms with E-state index in [4.69, 9.17) is 5.73 Å². The molecule has 12 heavy (non-hydrogen) atoms. The van der Waals surface area contributed by atoms with E-state index in [1.807, 2.05) is 0 Å². The van der Waals surface area contributed by atoms with Crippen molar-refractivity contribution in [3.8, 4) is 0 Å². The molecule has 0 amide bonds. The maximum absolute atomic E-state index is 5.99. The van der Waals surface area contributed by atoms with E-state index >= 15 is 0 Å². The summed E-state index contributed by atoms with van der Waals surface area (Å²) >= 11 is 0. The summed E-state index contributed by atoms with van der Waals surface area (Å²) in [5.41, 5.74) is 5.99. The number of nitrogens with two attached hydrogens (primary N) is 1. The van der Waals surface area contributed by atoms with E-state index < -0.39 is 0 Å². The molecule has 1 aliphatic carbocycles. The van der Waals surface area contributed by atoms with Crippen LogP contribution in [0.5, 0.6) is 0 Å². The summed E-state index contributed by atoms with van der Waals surface area (Å²) in [5, 5.41) is 0. The molecule has 1 saturated carbocycles. The summed E-state index contributed by atoms with van der Waals surface area (Å²) in [6.07, 6.45) is 5.29. The lowest BCUT2D eigenvalue weighted by Crippen LogP contribution is -2.32. The van der Waals surface area contributed by atoms with Gasteiger partial charge in [0.2, 0.25) is 0 Å². The van der Waals surface area contributed by atoms with Gasteiger partial charge in [-0.1, -0.05) is 20.8 Å². The van der Waals surface area contributed by atoms with E-state index in [0.717, 1.165) is 17.8 Å². The third kappa shape index (κ3) is 3.14. The molecule has 0 saturated heterocycles. The largest absolute Gasteiger partial charge is 0.328 e. The average molecular weight is 169 g/mol. The van der Waals surface area contributed by atoms with Crippen LogP contribution in [0.3, 0.4) is 0 Å². The second kappa shape index (κ2) is 4.27. The van der Waals surface area contributed by atoms with Crippen molar-refractivity contribution in [2.24, 2.45) is 23.5 Å². The van der Waals surface area contributed by atoms with Gasteiger partial charge in [0, 0.05) is 6.04 Å². The Kier molecular flexibility index (Phi) is 3.57. The molecule has 0 aliphatic heterocycles. The van der Waals surface area contributed by atoms with Crippen LogP contribution < -0.4 is 5.73 Å². The van der Waals surface area contributed by atoms with Gasteiger partial charge in [-0.25, -0.2) is 0 Å². The van der Waals surface area contributed by atoms with Crippen molar-refractivity contribution in [1.29, 1.82) is 0 Å². The SMILES string of the molecule is CC(C)CC1CC(C)CC(N)C1. The van der Waals surface area contributed by atoms with Gasteiger partial charge in [0.25, 0.3) is 0 Å². The van der Waals surface area contributed by atoms with E-state index in [-0.39, 0.29) is 0 Å². The highest BCUT2D eigenvalue weighted by atomic mass is 14.6. The summed E-state index contributed by atoms with van der Waals surface area (Å²) < 4.78 is 0. The molecule has 0 aromatic carbocycles. The topological polar surface area (TPSA) is 26.0 Å². The maximum atomic E-state index is 5.99. The molecule has 2 N–H and O–H groups in total. The van der Waals surface area contributed by atoms with Crippen molar-refractivity contribution in [2.75, 3.05) is 0 Å². The number of rotatable bonds is 2. The quantitative estimate of drug-likeness (QED) is 0.676. The molecule has 3 atom stereocenters. The van der Waals surface area contributed by atoms with Crippen LogP contribution in [0.25, 0.3) is 0 Å². The van der Waals surface area contributed by atoms with Gasteiger partial charge in [0.1, 0.15) is 0 Å². The van der Waals surface area contributed by atoms with Crippen molar-refractivity contribution in [3.05, 3.63) is 0 Å². The Morgan fingerprint density at radius 2 is 1.92 bits per heavy atom. The molecule has 0 heterocycles. The monoisotopic (exact) mass is 169 g/mol. The van der Waals surface area contributed by atoms with E-state index in [9.17, 15) is 0 Å². The Bertz CT molecular complexity index is 118. The third-order valence-electron chi connectivity index (χ3n) is 2.88. The second-order valence-electron chi connectivity index (χ2n) is 5.07. The van der Waals surface area contributed by atoms with Crippen molar-refractivity contribution in [2.45, 2.75) is 52.5 Å². The van der Waals surface area contributed by atoms with E-state index in [0.29, 0.717) is 6.04 Å². The first kappa shape index (κ1) is 10.0. The molecule has 72 valence electrons. The van der Waals surface area contributed by atoms with Gasteiger partial charge < -0.3 is 5.73 Å². The van der Waals surface area contributed by atoms with Crippen molar-refractivity contribution < 1.29 is 0 Å². The van der Waals surface area contributed by atoms with Crippen molar-refractivity contribution in [3.63, 3.8) is 0 Å². The lowest BCUT2D eigenvalue weighted by Gasteiger charge is -2.32. The van der Waals surface area contributed by atoms with Gasteiger partial charge in [-0.15, -0.1) is 0 Å². The highest BCUT2D eigenvalue weighted by Gasteiger charge is 2.24. The van der Waals surface area contributed by atoms with Crippen LogP contribution in [0.4, 0.5) is 0 Å². The van der Waals surface area contributed by atoms with E-state index in [1.54, 1.807) is 0 Å². The van der Waals surface area contributed by atoms with Crippen molar-refractivity contribution >= 4 is 0 Å². The van der Waals surface area contributed by atoms with Crippen LogP contribution in [-0.2, 0) is 0 Å². The minimum atomic E-state index is 0.484. The van der Waals surface area contributed by atoms with Gasteiger partial charge in [-0.2, -0.15) is 0 Å². The molecule has 1 rings (SSSR count). The van der Waals surface area contributed by atoms with Gasteiger partial charge >= 0.3 is 0 Å². The fourth-order valence-electron chi connectivity index (χ4n) is 2.66. The van der Waals surface area contributed by atoms with Crippen molar-refractivity contribution in [1.82, 2.24) is 0 Å². The molecule has 0 spiro atoms. The number of hydrogen-bond donors (Lipinski definition) is 1. The highest BCUT2D eigenvalue weighted by molar-refractivity contribution is 4.79. The van der Waals surface area contributed by atoms with Crippen LogP contribution >= 0.6 is 0 Å². The van der Waals surface area contributed by atoms with Crippen LogP contribution in [0, 0.1) is 17.8 Å². The fourth-order valence-corrected chi connectivity index (χ4v) is 2.66. The molecular formula is C11H23N. The normalized spacial score (nSPS) is 37.2. The minimum absolute atomic E-state index is 0.484. The van der Waals surface area contributed by atoms with Crippen LogP contribution in [0.1, 0.15) is 46.5 Å². The standard InChI is InChI=1S/C11H23N/c1-8(2)4-10-5-9(3)6-11(12)7-10/h8-11H,4-7,12H2,1-3H3. The van der Waals surface area contributed by atoms with Gasteiger partial charge in [-0.05, 0) is 43.4 Å². The predicted molar refractivity (Wildman–Crippen MR) is 53.9 cm³/mol. The zero-order valence-electron chi connectivity index (χ0n) is 8.72. The third-order valence-corrected chi connectivity index (χ3v) is 2.88. The first-order valence-corrected chi connectivity index (χ1v) is 5.33. The average Bonchev–Trinajstić information content (AvgIpc) is 1.81. The van der Waals surface area contributed by atoms with Gasteiger partial charge in [0.15, 0.2) is 0 Å². The molecular weight excluding hydrogens is 146 g/mol. The summed E-state index contributed by atoms with van der Waals surface area (Å²) in [5.74, 6) is 2.61. The van der Waals surface area contributed by atoms with Crippen LogP contribution in [0.2, 0.25) is 0 Å². The minimum Gasteiger partial charge on any atom is -0.328 e. The highest BCUT2D eigenvalue weighted by Crippen LogP contribution is 2.31. The predicted octanol–water partition coefficient (Wildman–Crippen LogP) is 2.80. The van der Waals surface area contributed by atoms with Crippen LogP contribution in [0.15, 0.2) is 0 Å².